The van der Waals surface area contributed by atoms with Crippen molar-refractivity contribution in [3.05, 3.63) is 33.8 Å². The maximum atomic E-state index is 10.2. The van der Waals surface area contributed by atoms with Gasteiger partial charge in [-0.25, -0.2) is 0 Å². The van der Waals surface area contributed by atoms with E-state index in [2.05, 4.69) is 24.3 Å². The van der Waals surface area contributed by atoms with Gasteiger partial charge in [0.2, 0.25) is 0 Å². The van der Waals surface area contributed by atoms with E-state index in [0.29, 0.717) is 22.2 Å². The third kappa shape index (κ3) is 3.46. The molecular weight excluding hydrogens is 295 g/mol. The minimum atomic E-state index is -0.638. The first-order valence-corrected chi connectivity index (χ1v) is 7.71. The summed E-state index contributed by atoms with van der Waals surface area (Å²) in [6.45, 7) is 1.37. The molecule has 1 unspecified atom stereocenters. The Morgan fingerprint density at radius 2 is 2.05 bits per heavy atom. The normalized spacial score (nSPS) is 18.9. The van der Waals surface area contributed by atoms with Crippen molar-refractivity contribution < 1.29 is 5.11 Å². The van der Waals surface area contributed by atoms with Crippen LogP contribution < -0.4 is 5.32 Å². The summed E-state index contributed by atoms with van der Waals surface area (Å²) < 4.78 is 0. The summed E-state index contributed by atoms with van der Waals surface area (Å²) in [6.07, 6.45) is 3.06. The number of aliphatic hydroxyl groups excluding tert-OH is 1. The fourth-order valence-corrected chi connectivity index (χ4v) is 3.11. The lowest BCUT2D eigenvalue weighted by Gasteiger charge is -2.47. The van der Waals surface area contributed by atoms with Crippen LogP contribution in [0.4, 0.5) is 0 Å². The summed E-state index contributed by atoms with van der Waals surface area (Å²) in [5, 5.41) is 14.7. The molecule has 1 aromatic rings. The van der Waals surface area contributed by atoms with Crippen LogP contribution in [0.5, 0.6) is 0 Å². The first kappa shape index (κ1) is 16.1. The van der Waals surface area contributed by atoms with Crippen molar-refractivity contribution in [3.63, 3.8) is 0 Å². The number of benzene rings is 1. The van der Waals surface area contributed by atoms with Gasteiger partial charge in [0.25, 0.3) is 0 Å². The SMILES string of the molecule is CN(C)C1(CNCC(O)c2cc(Cl)ccc2Cl)CCC1. The summed E-state index contributed by atoms with van der Waals surface area (Å²) in [5.41, 5.74) is 0.928. The summed E-state index contributed by atoms with van der Waals surface area (Å²) in [7, 11) is 4.23. The average Bonchev–Trinajstić information content (AvgIpc) is 2.34. The van der Waals surface area contributed by atoms with Crippen LogP contribution in [0, 0.1) is 0 Å². The number of hydrogen-bond donors (Lipinski definition) is 2. The van der Waals surface area contributed by atoms with Crippen molar-refractivity contribution in [2.45, 2.75) is 30.9 Å². The van der Waals surface area contributed by atoms with Crippen molar-refractivity contribution in [2.75, 3.05) is 27.2 Å². The maximum Gasteiger partial charge on any atom is 0.0929 e. The summed E-state index contributed by atoms with van der Waals surface area (Å²) in [6, 6.07) is 5.17. The van der Waals surface area contributed by atoms with Gasteiger partial charge in [0.05, 0.1) is 6.10 Å². The van der Waals surface area contributed by atoms with E-state index in [1.54, 1.807) is 18.2 Å². The van der Waals surface area contributed by atoms with E-state index in [9.17, 15) is 5.11 Å². The molecule has 1 aliphatic carbocycles. The first-order valence-electron chi connectivity index (χ1n) is 6.96. The second kappa shape index (κ2) is 6.63. The summed E-state index contributed by atoms with van der Waals surface area (Å²) in [4.78, 5) is 2.28. The van der Waals surface area contributed by atoms with Gasteiger partial charge in [-0.05, 0) is 51.6 Å². The number of rotatable bonds is 6. The van der Waals surface area contributed by atoms with Crippen LogP contribution in [0.25, 0.3) is 0 Å². The monoisotopic (exact) mass is 316 g/mol. The van der Waals surface area contributed by atoms with Gasteiger partial charge in [-0.2, -0.15) is 0 Å². The van der Waals surface area contributed by atoms with Crippen molar-refractivity contribution in [2.24, 2.45) is 0 Å². The van der Waals surface area contributed by atoms with E-state index in [0.717, 1.165) is 6.54 Å². The van der Waals surface area contributed by atoms with Crippen molar-refractivity contribution in [1.29, 1.82) is 0 Å². The zero-order valence-corrected chi connectivity index (χ0v) is 13.5. The molecular formula is C15H22Cl2N2O. The molecule has 20 heavy (non-hydrogen) atoms. The lowest BCUT2D eigenvalue weighted by Crippen LogP contribution is -2.56. The van der Waals surface area contributed by atoms with Gasteiger partial charge >= 0.3 is 0 Å². The molecule has 0 heterocycles. The summed E-state index contributed by atoms with van der Waals surface area (Å²) >= 11 is 12.0. The molecule has 0 spiro atoms. The van der Waals surface area contributed by atoms with Gasteiger partial charge in [-0.1, -0.05) is 23.2 Å². The molecule has 0 bridgehead atoms. The molecule has 0 radical (unpaired) electrons. The molecule has 112 valence electrons. The molecule has 0 aromatic heterocycles. The van der Waals surface area contributed by atoms with E-state index in [1.807, 2.05) is 0 Å². The van der Waals surface area contributed by atoms with Crippen LogP contribution in [-0.4, -0.2) is 42.7 Å². The Balaban J connectivity index is 1.89. The molecule has 3 nitrogen and oxygen atoms in total. The van der Waals surface area contributed by atoms with Gasteiger partial charge in [0, 0.05) is 34.2 Å². The zero-order valence-electron chi connectivity index (χ0n) is 12.0. The number of nitrogens with one attached hydrogen (secondary N) is 1. The molecule has 1 atom stereocenters. The molecule has 1 saturated carbocycles. The van der Waals surface area contributed by atoms with Crippen LogP contribution in [0.3, 0.4) is 0 Å². The molecule has 0 amide bonds. The standard InChI is InChI=1S/C15H22Cl2N2O/c1-19(2)15(6-3-7-15)10-18-9-14(20)12-8-11(16)4-5-13(12)17/h4-5,8,14,18,20H,3,6-7,9-10H2,1-2H3. The van der Waals surface area contributed by atoms with Crippen LogP contribution >= 0.6 is 23.2 Å². The molecule has 1 aliphatic rings. The van der Waals surface area contributed by atoms with Crippen LogP contribution in [-0.2, 0) is 0 Å². The molecule has 1 aromatic carbocycles. The number of likely N-dealkylation sites (N-methyl/N-ethyl adjacent to an activating group) is 1. The second-order valence-corrected chi connectivity index (χ2v) is 6.63. The highest BCUT2D eigenvalue weighted by atomic mass is 35.5. The lowest BCUT2D eigenvalue weighted by atomic mass is 9.75. The number of halogens is 2. The van der Waals surface area contributed by atoms with Crippen molar-refractivity contribution in [3.8, 4) is 0 Å². The van der Waals surface area contributed by atoms with E-state index in [1.165, 1.54) is 19.3 Å². The molecule has 2 N–H and O–H groups in total. The highest BCUT2D eigenvalue weighted by Crippen LogP contribution is 2.35. The Labute approximate surface area is 130 Å². The molecule has 0 aliphatic heterocycles. The fraction of sp³-hybridized carbons (Fsp3) is 0.600. The Hall–Kier alpha value is -0.320. The van der Waals surface area contributed by atoms with Gasteiger partial charge in [-0.3, -0.25) is 0 Å². The molecule has 2 rings (SSSR count). The predicted molar refractivity (Wildman–Crippen MR) is 84.6 cm³/mol. The van der Waals surface area contributed by atoms with Gasteiger partial charge in [-0.15, -0.1) is 0 Å². The topological polar surface area (TPSA) is 35.5 Å². The van der Waals surface area contributed by atoms with Crippen LogP contribution in [0.15, 0.2) is 18.2 Å². The minimum Gasteiger partial charge on any atom is -0.387 e. The van der Waals surface area contributed by atoms with Crippen molar-refractivity contribution >= 4 is 23.2 Å². The number of aliphatic hydroxyl groups is 1. The molecule has 5 heteroatoms. The minimum absolute atomic E-state index is 0.248. The third-order valence-electron chi connectivity index (χ3n) is 4.34. The average molecular weight is 317 g/mol. The van der Waals surface area contributed by atoms with Crippen LogP contribution in [0.2, 0.25) is 10.0 Å². The van der Waals surface area contributed by atoms with Gasteiger partial charge in [0.1, 0.15) is 0 Å². The lowest BCUT2D eigenvalue weighted by molar-refractivity contribution is 0.0555. The molecule has 0 saturated heterocycles. The molecule has 1 fully saturated rings. The zero-order chi connectivity index (χ0) is 14.8. The first-order chi connectivity index (χ1) is 9.44. The fourth-order valence-electron chi connectivity index (χ4n) is 2.69. The third-order valence-corrected chi connectivity index (χ3v) is 4.92. The maximum absolute atomic E-state index is 10.2. The summed E-state index contributed by atoms with van der Waals surface area (Å²) in [5.74, 6) is 0. The van der Waals surface area contributed by atoms with E-state index < -0.39 is 6.10 Å². The Morgan fingerprint density at radius 3 is 2.60 bits per heavy atom. The Morgan fingerprint density at radius 1 is 1.35 bits per heavy atom. The van der Waals surface area contributed by atoms with E-state index >= 15 is 0 Å². The quantitative estimate of drug-likeness (QED) is 0.846. The van der Waals surface area contributed by atoms with Crippen molar-refractivity contribution in [1.82, 2.24) is 10.2 Å². The number of hydrogen-bond acceptors (Lipinski definition) is 3. The largest absolute Gasteiger partial charge is 0.387 e. The Bertz CT molecular complexity index is 461. The van der Waals surface area contributed by atoms with E-state index in [-0.39, 0.29) is 5.54 Å². The Kier molecular flexibility index (Phi) is 5.32. The highest BCUT2D eigenvalue weighted by molar-refractivity contribution is 6.33. The second-order valence-electron chi connectivity index (χ2n) is 5.78. The van der Waals surface area contributed by atoms with Crippen LogP contribution in [0.1, 0.15) is 30.9 Å². The number of nitrogens with zero attached hydrogens (tertiary/aromatic N) is 1. The predicted octanol–water partition coefficient (Wildman–Crippen LogP) is 3.10. The van der Waals surface area contributed by atoms with Gasteiger partial charge < -0.3 is 15.3 Å². The highest BCUT2D eigenvalue weighted by Gasteiger charge is 2.38. The van der Waals surface area contributed by atoms with E-state index in [4.69, 9.17) is 23.2 Å². The smallest absolute Gasteiger partial charge is 0.0929 e. The van der Waals surface area contributed by atoms with Gasteiger partial charge in [0.15, 0.2) is 0 Å².